The maximum absolute atomic E-state index is 12.7. The molecule has 1 aromatic heterocycles. The van der Waals surface area contributed by atoms with E-state index in [0.29, 0.717) is 26.2 Å². The van der Waals surface area contributed by atoms with Gasteiger partial charge in [-0.1, -0.05) is 71.9 Å². The number of benzene rings is 2. The number of thioether (sulfide) groups is 1. The van der Waals surface area contributed by atoms with Crippen LogP contribution in [0.25, 0.3) is 11.3 Å². The first-order valence-electron chi connectivity index (χ1n) is 10.8. The Labute approximate surface area is 199 Å². The number of hydrogen-bond donors (Lipinski definition) is 0. The molecule has 0 aliphatic carbocycles. The Kier molecular flexibility index (Phi) is 7.21. The summed E-state index contributed by atoms with van der Waals surface area (Å²) >= 11 is 1.40. The summed E-state index contributed by atoms with van der Waals surface area (Å²) in [6, 6.07) is 17.4. The molecule has 4 rings (SSSR count). The minimum Gasteiger partial charge on any atom is -0.339 e. The number of piperazine rings is 1. The summed E-state index contributed by atoms with van der Waals surface area (Å²) in [5.74, 6) is 0.259. The molecule has 1 amide bonds. The third kappa shape index (κ3) is 5.66. The van der Waals surface area contributed by atoms with Crippen molar-refractivity contribution in [3.8, 4) is 11.3 Å². The quantitative estimate of drug-likeness (QED) is 0.482. The Morgan fingerprint density at radius 3 is 2.33 bits per heavy atom. The maximum Gasteiger partial charge on any atom is 0.233 e. The van der Waals surface area contributed by atoms with Crippen LogP contribution in [0.15, 0.2) is 66.0 Å². The Balaban J connectivity index is 1.30. The van der Waals surface area contributed by atoms with Crippen LogP contribution in [0.1, 0.15) is 11.1 Å². The average molecular weight is 485 g/mol. The van der Waals surface area contributed by atoms with Crippen molar-refractivity contribution >= 4 is 27.7 Å². The molecule has 0 atom stereocenters. The predicted molar refractivity (Wildman–Crippen MR) is 131 cm³/mol. The van der Waals surface area contributed by atoms with Crippen molar-refractivity contribution in [3.63, 3.8) is 0 Å². The highest BCUT2D eigenvalue weighted by Crippen LogP contribution is 2.25. The first-order valence-corrected chi connectivity index (χ1v) is 13.4. The summed E-state index contributed by atoms with van der Waals surface area (Å²) in [6.07, 6.45) is 1.83. The van der Waals surface area contributed by atoms with E-state index in [-0.39, 0.29) is 17.4 Å². The Hall–Kier alpha value is -2.62. The normalized spacial score (nSPS) is 15.0. The van der Waals surface area contributed by atoms with Gasteiger partial charge in [0.25, 0.3) is 0 Å². The third-order valence-corrected chi connectivity index (χ3v) is 8.67. The van der Waals surface area contributed by atoms with E-state index in [2.05, 4.69) is 36.2 Å². The Bertz CT molecular complexity index is 1200. The van der Waals surface area contributed by atoms with Crippen LogP contribution in [0, 0.1) is 6.92 Å². The lowest BCUT2D eigenvalue weighted by Crippen LogP contribution is -2.51. The van der Waals surface area contributed by atoms with E-state index in [4.69, 9.17) is 0 Å². The van der Waals surface area contributed by atoms with Gasteiger partial charge in [-0.05, 0) is 18.1 Å². The van der Waals surface area contributed by atoms with Crippen molar-refractivity contribution < 1.29 is 13.2 Å². The van der Waals surface area contributed by atoms with Gasteiger partial charge in [-0.2, -0.15) is 4.31 Å². The molecule has 2 heterocycles. The van der Waals surface area contributed by atoms with Crippen LogP contribution in [0.2, 0.25) is 0 Å². The highest BCUT2D eigenvalue weighted by molar-refractivity contribution is 7.99. The first-order chi connectivity index (χ1) is 15.8. The number of carbonyl (C=O) groups excluding carboxylic acids is 1. The second-order valence-electron chi connectivity index (χ2n) is 8.16. The van der Waals surface area contributed by atoms with E-state index in [9.17, 15) is 13.2 Å². The minimum atomic E-state index is -3.40. The average Bonchev–Trinajstić information content (AvgIpc) is 3.18. The molecule has 1 aliphatic rings. The van der Waals surface area contributed by atoms with E-state index in [1.165, 1.54) is 21.6 Å². The molecule has 0 radical (unpaired) electrons. The van der Waals surface area contributed by atoms with Gasteiger partial charge in [-0.25, -0.2) is 13.4 Å². The second kappa shape index (κ2) is 10.1. The van der Waals surface area contributed by atoms with Crippen LogP contribution in [-0.2, 0) is 27.6 Å². The predicted octanol–water partition coefficient (Wildman–Crippen LogP) is 3.16. The van der Waals surface area contributed by atoms with Gasteiger partial charge in [-0.15, -0.1) is 0 Å². The molecule has 9 heteroatoms. The summed E-state index contributed by atoms with van der Waals surface area (Å²) in [7, 11) is -1.45. The smallest absolute Gasteiger partial charge is 0.233 e. The summed E-state index contributed by atoms with van der Waals surface area (Å²) in [4.78, 5) is 19.0. The SMILES string of the molecule is Cc1ccc(-c2cnc(SCC(=O)N3CCN(S(=O)(=O)Cc4ccccc4)CC3)n2C)cc1. The van der Waals surface area contributed by atoms with Crippen molar-refractivity contribution in [2.24, 2.45) is 7.05 Å². The molecule has 33 heavy (non-hydrogen) atoms. The fourth-order valence-corrected chi connectivity index (χ4v) is 6.20. The van der Waals surface area contributed by atoms with Crippen molar-refractivity contribution in [2.45, 2.75) is 17.8 Å². The van der Waals surface area contributed by atoms with Crippen LogP contribution in [-0.4, -0.2) is 65.0 Å². The van der Waals surface area contributed by atoms with Crippen LogP contribution in [0.3, 0.4) is 0 Å². The van der Waals surface area contributed by atoms with Gasteiger partial charge in [0.1, 0.15) is 0 Å². The van der Waals surface area contributed by atoms with Crippen molar-refractivity contribution in [1.29, 1.82) is 0 Å². The van der Waals surface area contributed by atoms with Gasteiger partial charge in [0.15, 0.2) is 5.16 Å². The molecular weight excluding hydrogens is 456 g/mol. The van der Waals surface area contributed by atoms with E-state index in [0.717, 1.165) is 22.0 Å². The number of hydrogen-bond acceptors (Lipinski definition) is 5. The van der Waals surface area contributed by atoms with E-state index in [1.807, 2.05) is 48.1 Å². The van der Waals surface area contributed by atoms with Crippen molar-refractivity contribution in [2.75, 3.05) is 31.9 Å². The number of carbonyl (C=O) groups is 1. The molecule has 1 saturated heterocycles. The molecule has 0 bridgehead atoms. The van der Waals surface area contributed by atoms with Gasteiger partial charge in [0.05, 0.1) is 23.4 Å². The zero-order valence-corrected chi connectivity index (χ0v) is 20.5. The Morgan fingerprint density at radius 2 is 1.67 bits per heavy atom. The third-order valence-electron chi connectivity index (χ3n) is 5.79. The summed E-state index contributed by atoms with van der Waals surface area (Å²) in [5, 5.41) is 0.781. The van der Waals surface area contributed by atoms with Crippen molar-refractivity contribution in [1.82, 2.24) is 18.8 Å². The molecule has 3 aromatic rings. The van der Waals surface area contributed by atoms with Gasteiger partial charge in [0, 0.05) is 33.2 Å². The van der Waals surface area contributed by atoms with Crippen LogP contribution >= 0.6 is 11.8 Å². The number of sulfonamides is 1. The topological polar surface area (TPSA) is 75.5 Å². The second-order valence-corrected chi connectivity index (χ2v) is 11.1. The minimum absolute atomic E-state index is 0.00000626. The number of nitrogens with zero attached hydrogens (tertiary/aromatic N) is 4. The van der Waals surface area contributed by atoms with Crippen LogP contribution in [0.4, 0.5) is 0 Å². The maximum atomic E-state index is 12.7. The fraction of sp³-hybridized carbons (Fsp3) is 0.333. The molecule has 7 nitrogen and oxygen atoms in total. The Morgan fingerprint density at radius 1 is 1.00 bits per heavy atom. The molecule has 0 N–H and O–H groups in total. The van der Waals surface area contributed by atoms with E-state index < -0.39 is 10.0 Å². The molecule has 1 fully saturated rings. The number of aryl methyl sites for hydroxylation is 1. The van der Waals surface area contributed by atoms with Crippen LogP contribution in [0.5, 0.6) is 0 Å². The number of amides is 1. The number of rotatable bonds is 7. The van der Waals surface area contributed by atoms with Crippen LogP contribution < -0.4 is 0 Å². The summed E-state index contributed by atoms with van der Waals surface area (Å²) < 4.78 is 28.9. The molecule has 2 aromatic carbocycles. The molecule has 0 unspecified atom stereocenters. The van der Waals surface area contributed by atoms with Gasteiger partial charge >= 0.3 is 0 Å². The molecule has 0 saturated carbocycles. The highest BCUT2D eigenvalue weighted by Gasteiger charge is 2.29. The van der Waals surface area contributed by atoms with E-state index >= 15 is 0 Å². The molecule has 1 aliphatic heterocycles. The largest absolute Gasteiger partial charge is 0.339 e. The van der Waals surface area contributed by atoms with Gasteiger partial charge in [0.2, 0.25) is 15.9 Å². The first kappa shape index (κ1) is 23.5. The zero-order chi connectivity index (χ0) is 23.4. The standard InChI is InChI=1S/C24H28N4O3S2/c1-19-8-10-21(11-9-19)22-16-25-24(26(22)2)32-17-23(29)27-12-14-28(15-13-27)33(30,31)18-20-6-4-3-5-7-20/h3-11,16H,12-15,17-18H2,1-2H3. The lowest BCUT2D eigenvalue weighted by molar-refractivity contribution is -0.129. The van der Waals surface area contributed by atoms with E-state index in [1.54, 1.807) is 4.90 Å². The van der Waals surface area contributed by atoms with Gasteiger partial charge < -0.3 is 9.47 Å². The lowest BCUT2D eigenvalue weighted by atomic mass is 10.1. The zero-order valence-electron chi connectivity index (χ0n) is 18.8. The number of aromatic nitrogens is 2. The van der Waals surface area contributed by atoms with Gasteiger partial charge in [-0.3, -0.25) is 4.79 Å². The monoisotopic (exact) mass is 484 g/mol. The molecular formula is C24H28N4O3S2. The molecule has 174 valence electrons. The van der Waals surface area contributed by atoms with Crippen molar-refractivity contribution in [3.05, 3.63) is 71.9 Å². The lowest BCUT2D eigenvalue weighted by Gasteiger charge is -2.34. The summed E-state index contributed by atoms with van der Waals surface area (Å²) in [6.45, 7) is 3.51. The fourth-order valence-electron chi connectivity index (χ4n) is 3.83. The highest BCUT2D eigenvalue weighted by atomic mass is 32.2. The number of imidazole rings is 1. The molecule has 0 spiro atoms. The summed E-state index contributed by atoms with van der Waals surface area (Å²) in [5.41, 5.74) is 4.06.